The van der Waals surface area contributed by atoms with Crippen LogP contribution in [0.25, 0.3) is 0 Å². The van der Waals surface area contributed by atoms with Crippen molar-refractivity contribution in [2.45, 2.75) is 65.9 Å². The van der Waals surface area contributed by atoms with Crippen LogP contribution in [0.3, 0.4) is 0 Å². The maximum Gasteiger partial charge on any atom is 0.302 e. The first-order valence-corrected chi connectivity index (χ1v) is 5.82. The van der Waals surface area contributed by atoms with Crippen molar-refractivity contribution in [3.05, 3.63) is 0 Å². The number of ether oxygens (including phenoxy) is 1. The molecule has 84 valence electrons. The van der Waals surface area contributed by atoms with Crippen LogP contribution in [0.1, 0.15) is 59.8 Å². The summed E-state index contributed by atoms with van der Waals surface area (Å²) in [5, 5.41) is 0. The molecule has 0 aliphatic carbocycles. The molecule has 0 aliphatic rings. The minimum atomic E-state index is -0.146. The summed E-state index contributed by atoms with van der Waals surface area (Å²) in [6.07, 6.45) is 5.79. The molecule has 0 amide bonds. The molecule has 2 unspecified atom stereocenters. The van der Waals surface area contributed by atoms with Gasteiger partial charge in [0.25, 0.3) is 0 Å². The van der Waals surface area contributed by atoms with Gasteiger partial charge < -0.3 is 4.74 Å². The number of rotatable bonds is 7. The van der Waals surface area contributed by atoms with Crippen molar-refractivity contribution in [2.24, 2.45) is 5.92 Å². The van der Waals surface area contributed by atoms with Gasteiger partial charge >= 0.3 is 5.97 Å². The van der Waals surface area contributed by atoms with Crippen molar-refractivity contribution in [2.75, 3.05) is 0 Å². The molecule has 14 heavy (non-hydrogen) atoms. The standard InChI is InChI=1S/C12H24O2/c1-5-8-9-11(6-2)12(7-3)14-10(4)13/h11-12H,5-9H2,1-4H3. The highest BCUT2D eigenvalue weighted by atomic mass is 16.5. The van der Waals surface area contributed by atoms with Gasteiger partial charge in [0.2, 0.25) is 0 Å². The highest BCUT2D eigenvalue weighted by Crippen LogP contribution is 2.21. The first kappa shape index (κ1) is 13.5. The molecule has 0 heterocycles. The summed E-state index contributed by atoms with van der Waals surface area (Å²) >= 11 is 0. The molecule has 0 aromatic carbocycles. The smallest absolute Gasteiger partial charge is 0.302 e. The second-order valence-electron chi connectivity index (χ2n) is 3.87. The van der Waals surface area contributed by atoms with E-state index in [-0.39, 0.29) is 12.1 Å². The average molecular weight is 200 g/mol. The summed E-state index contributed by atoms with van der Waals surface area (Å²) in [6, 6.07) is 0. The number of hydrogen-bond donors (Lipinski definition) is 0. The Labute approximate surface area is 88.0 Å². The lowest BCUT2D eigenvalue weighted by Gasteiger charge is -2.24. The summed E-state index contributed by atoms with van der Waals surface area (Å²) < 4.78 is 5.31. The molecule has 0 saturated carbocycles. The van der Waals surface area contributed by atoms with Gasteiger partial charge in [-0.3, -0.25) is 4.79 Å². The molecule has 0 aliphatic heterocycles. The largest absolute Gasteiger partial charge is 0.462 e. The third kappa shape index (κ3) is 5.25. The molecule has 2 atom stereocenters. The summed E-state index contributed by atoms with van der Waals surface area (Å²) in [7, 11) is 0. The number of carbonyl (C=O) groups excluding carboxylic acids is 1. The van der Waals surface area contributed by atoms with Crippen LogP contribution in [-0.2, 0) is 9.53 Å². The highest BCUT2D eigenvalue weighted by molar-refractivity contribution is 5.66. The van der Waals surface area contributed by atoms with Gasteiger partial charge in [0, 0.05) is 6.92 Å². The van der Waals surface area contributed by atoms with E-state index in [1.807, 2.05) is 0 Å². The van der Waals surface area contributed by atoms with Gasteiger partial charge in [0.05, 0.1) is 0 Å². The van der Waals surface area contributed by atoms with Crippen LogP contribution in [0.2, 0.25) is 0 Å². The Morgan fingerprint density at radius 2 is 1.86 bits per heavy atom. The van der Waals surface area contributed by atoms with E-state index < -0.39 is 0 Å². The van der Waals surface area contributed by atoms with Crippen molar-refractivity contribution in [3.63, 3.8) is 0 Å². The first-order chi connectivity index (χ1) is 6.65. The van der Waals surface area contributed by atoms with Gasteiger partial charge in [0.1, 0.15) is 6.10 Å². The SMILES string of the molecule is CCCCC(CC)C(CC)OC(C)=O. The van der Waals surface area contributed by atoms with Crippen molar-refractivity contribution in [1.82, 2.24) is 0 Å². The van der Waals surface area contributed by atoms with Crippen LogP contribution in [0.15, 0.2) is 0 Å². The van der Waals surface area contributed by atoms with E-state index in [4.69, 9.17) is 4.74 Å². The summed E-state index contributed by atoms with van der Waals surface area (Å²) in [5.41, 5.74) is 0. The molecule has 0 fully saturated rings. The fourth-order valence-corrected chi connectivity index (χ4v) is 1.85. The number of carbonyl (C=O) groups is 1. The second kappa shape index (κ2) is 7.84. The summed E-state index contributed by atoms with van der Waals surface area (Å²) in [5.74, 6) is 0.399. The Bertz CT molecular complexity index is 154. The molecule has 2 heteroatoms. The van der Waals surface area contributed by atoms with Crippen LogP contribution in [0.4, 0.5) is 0 Å². The Hall–Kier alpha value is -0.530. The van der Waals surface area contributed by atoms with Crippen LogP contribution in [0.5, 0.6) is 0 Å². The first-order valence-electron chi connectivity index (χ1n) is 5.82. The monoisotopic (exact) mass is 200 g/mol. The van der Waals surface area contributed by atoms with Crippen LogP contribution in [0, 0.1) is 5.92 Å². The van der Waals surface area contributed by atoms with Gasteiger partial charge in [-0.1, -0.05) is 33.6 Å². The van der Waals surface area contributed by atoms with Gasteiger partial charge in [-0.05, 0) is 25.2 Å². The lowest BCUT2D eigenvalue weighted by atomic mass is 9.92. The van der Waals surface area contributed by atoms with E-state index in [0.717, 1.165) is 12.8 Å². The molecule has 0 spiro atoms. The molecule has 0 rings (SSSR count). The molecular formula is C12H24O2. The quantitative estimate of drug-likeness (QED) is 0.587. The lowest BCUT2D eigenvalue weighted by molar-refractivity contribution is -0.149. The zero-order valence-electron chi connectivity index (χ0n) is 10.0. The zero-order valence-corrected chi connectivity index (χ0v) is 10.0. The molecule has 0 N–H and O–H groups in total. The van der Waals surface area contributed by atoms with Gasteiger partial charge in [-0.2, -0.15) is 0 Å². The van der Waals surface area contributed by atoms with E-state index in [1.165, 1.54) is 26.2 Å². The Morgan fingerprint density at radius 3 is 2.21 bits per heavy atom. The molecule has 0 aromatic heterocycles. The summed E-state index contributed by atoms with van der Waals surface area (Å²) in [4.78, 5) is 10.9. The molecule has 0 radical (unpaired) electrons. The van der Waals surface area contributed by atoms with E-state index in [9.17, 15) is 4.79 Å². The Morgan fingerprint density at radius 1 is 1.21 bits per heavy atom. The Balaban J connectivity index is 4.06. The molecule has 0 bridgehead atoms. The minimum absolute atomic E-state index is 0.129. The Kier molecular flexibility index (Phi) is 7.54. The van der Waals surface area contributed by atoms with Gasteiger partial charge in [-0.25, -0.2) is 0 Å². The van der Waals surface area contributed by atoms with E-state index in [2.05, 4.69) is 20.8 Å². The van der Waals surface area contributed by atoms with E-state index in [0.29, 0.717) is 5.92 Å². The molecule has 2 nitrogen and oxygen atoms in total. The molecule has 0 aromatic rings. The minimum Gasteiger partial charge on any atom is -0.462 e. The van der Waals surface area contributed by atoms with Crippen molar-refractivity contribution >= 4 is 5.97 Å². The topological polar surface area (TPSA) is 26.3 Å². The maximum absolute atomic E-state index is 10.9. The van der Waals surface area contributed by atoms with Crippen LogP contribution < -0.4 is 0 Å². The molecular weight excluding hydrogens is 176 g/mol. The normalized spacial score (nSPS) is 14.9. The summed E-state index contributed by atoms with van der Waals surface area (Å²) in [6.45, 7) is 7.95. The number of hydrogen-bond acceptors (Lipinski definition) is 2. The van der Waals surface area contributed by atoms with Crippen molar-refractivity contribution < 1.29 is 9.53 Å². The second-order valence-corrected chi connectivity index (χ2v) is 3.87. The van der Waals surface area contributed by atoms with Crippen LogP contribution in [-0.4, -0.2) is 12.1 Å². The molecule has 0 saturated heterocycles. The van der Waals surface area contributed by atoms with Crippen molar-refractivity contribution in [1.29, 1.82) is 0 Å². The van der Waals surface area contributed by atoms with E-state index >= 15 is 0 Å². The highest BCUT2D eigenvalue weighted by Gasteiger charge is 2.20. The predicted molar refractivity (Wildman–Crippen MR) is 59.2 cm³/mol. The van der Waals surface area contributed by atoms with Gasteiger partial charge in [-0.15, -0.1) is 0 Å². The number of unbranched alkanes of at least 4 members (excludes halogenated alkanes) is 1. The third-order valence-electron chi connectivity index (χ3n) is 2.70. The van der Waals surface area contributed by atoms with Crippen molar-refractivity contribution in [3.8, 4) is 0 Å². The van der Waals surface area contributed by atoms with E-state index in [1.54, 1.807) is 0 Å². The fraction of sp³-hybridized carbons (Fsp3) is 0.917. The lowest BCUT2D eigenvalue weighted by Crippen LogP contribution is -2.25. The van der Waals surface area contributed by atoms with Crippen LogP contribution >= 0.6 is 0 Å². The zero-order chi connectivity index (χ0) is 11.0. The van der Waals surface area contributed by atoms with Gasteiger partial charge in [0.15, 0.2) is 0 Å². The average Bonchev–Trinajstić information content (AvgIpc) is 2.16. The maximum atomic E-state index is 10.9. The predicted octanol–water partition coefficient (Wildman–Crippen LogP) is 3.54. The number of esters is 1. The fourth-order valence-electron chi connectivity index (χ4n) is 1.85. The third-order valence-corrected chi connectivity index (χ3v) is 2.70.